The molecule has 102 valence electrons. The highest BCUT2D eigenvalue weighted by Gasteiger charge is 2.12. The molecule has 20 heavy (non-hydrogen) atoms. The lowest BCUT2D eigenvalue weighted by atomic mass is 10.2. The Bertz CT molecular complexity index is 942. The summed E-state index contributed by atoms with van der Waals surface area (Å²) in [5.41, 5.74) is 0.967. The lowest BCUT2D eigenvalue weighted by Gasteiger charge is -2.10. The Morgan fingerprint density at radius 1 is 1.45 bits per heavy atom. The van der Waals surface area contributed by atoms with Gasteiger partial charge < -0.3 is 4.98 Å². The van der Waals surface area contributed by atoms with Gasteiger partial charge in [0.25, 0.3) is 5.56 Å². The number of benzene rings is 1. The Hall–Kier alpha value is -1.31. The number of nitrogens with one attached hydrogen (secondary N) is 1. The molecular weight excluding hydrogens is 363 g/mol. The first-order chi connectivity index (χ1) is 9.49. The Balaban J connectivity index is 2.44. The first-order valence-corrected chi connectivity index (χ1v) is 7.75. The second-order valence-electron chi connectivity index (χ2n) is 4.29. The number of aromatic nitrogens is 2. The maximum atomic E-state index is 13.8. The van der Waals surface area contributed by atoms with Crippen LogP contribution in [0.2, 0.25) is 0 Å². The topological polar surface area (TPSA) is 37.8 Å². The van der Waals surface area contributed by atoms with Crippen LogP contribution in [-0.2, 0) is 0 Å². The summed E-state index contributed by atoms with van der Waals surface area (Å²) in [6, 6.07) is 4.67. The summed E-state index contributed by atoms with van der Waals surface area (Å²) in [6.45, 7) is 1.80. The van der Waals surface area contributed by atoms with Gasteiger partial charge in [0.1, 0.15) is 10.6 Å². The second kappa shape index (κ2) is 4.91. The van der Waals surface area contributed by atoms with Crippen LogP contribution in [0.15, 0.2) is 32.8 Å². The number of fused-ring (bicyclic) bond motifs is 1. The number of aryl methyl sites for hydroxylation is 1. The predicted octanol–water partition coefficient (Wildman–Crippen LogP) is 4.32. The van der Waals surface area contributed by atoms with E-state index in [9.17, 15) is 9.18 Å². The van der Waals surface area contributed by atoms with Gasteiger partial charge in [-0.2, -0.15) is 0 Å². The zero-order valence-electron chi connectivity index (χ0n) is 10.2. The first-order valence-electron chi connectivity index (χ1n) is 5.67. The van der Waals surface area contributed by atoms with Gasteiger partial charge >= 0.3 is 0 Å². The van der Waals surface area contributed by atoms with Gasteiger partial charge in [0.2, 0.25) is 0 Å². The number of thiophene rings is 1. The average Bonchev–Trinajstić information content (AvgIpc) is 2.83. The van der Waals surface area contributed by atoms with Gasteiger partial charge in [0.15, 0.2) is 4.77 Å². The van der Waals surface area contributed by atoms with Crippen molar-refractivity contribution in [1.29, 1.82) is 0 Å². The van der Waals surface area contributed by atoms with Crippen LogP contribution in [0.25, 0.3) is 15.9 Å². The van der Waals surface area contributed by atoms with Crippen molar-refractivity contribution in [3.63, 3.8) is 0 Å². The van der Waals surface area contributed by atoms with Gasteiger partial charge in [-0.05, 0) is 64.2 Å². The standard InChI is InChI=1S/C13H8BrFN2OS2/c1-6-4-8(14)9(15)5-10(6)17-12(18)7-2-3-20-11(7)16-13(17)19/h2-5H,1H3,(H,16,19). The molecule has 0 bridgehead atoms. The minimum Gasteiger partial charge on any atom is -0.323 e. The largest absolute Gasteiger partial charge is 0.323 e. The molecule has 0 aliphatic rings. The molecule has 0 aliphatic carbocycles. The van der Waals surface area contributed by atoms with Gasteiger partial charge in [-0.15, -0.1) is 11.3 Å². The van der Waals surface area contributed by atoms with E-state index in [1.165, 1.54) is 22.0 Å². The van der Waals surface area contributed by atoms with Crippen molar-refractivity contribution in [3.05, 3.63) is 54.6 Å². The van der Waals surface area contributed by atoms with Crippen molar-refractivity contribution in [2.24, 2.45) is 0 Å². The van der Waals surface area contributed by atoms with Crippen LogP contribution in [0.4, 0.5) is 4.39 Å². The van der Waals surface area contributed by atoms with Crippen LogP contribution in [0.1, 0.15) is 5.56 Å². The van der Waals surface area contributed by atoms with Crippen LogP contribution < -0.4 is 5.56 Å². The molecule has 0 aliphatic heterocycles. The normalized spacial score (nSPS) is 11.2. The van der Waals surface area contributed by atoms with Crippen LogP contribution in [0, 0.1) is 17.5 Å². The van der Waals surface area contributed by atoms with E-state index < -0.39 is 5.82 Å². The van der Waals surface area contributed by atoms with E-state index in [1.54, 1.807) is 19.1 Å². The number of H-pyrrole nitrogens is 1. The predicted molar refractivity (Wildman–Crippen MR) is 85.0 cm³/mol. The molecule has 0 radical (unpaired) electrons. The molecule has 1 N–H and O–H groups in total. The highest BCUT2D eigenvalue weighted by atomic mass is 79.9. The van der Waals surface area contributed by atoms with Gasteiger partial charge in [-0.3, -0.25) is 9.36 Å². The number of halogens is 2. The van der Waals surface area contributed by atoms with Gasteiger partial charge in [0.05, 0.1) is 15.5 Å². The van der Waals surface area contributed by atoms with E-state index >= 15 is 0 Å². The van der Waals surface area contributed by atoms with Crippen LogP contribution in [0.5, 0.6) is 0 Å². The summed E-state index contributed by atoms with van der Waals surface area (Å²) >= 11 is 9.77. The number of hydrogen-bond donors (Lipinski definition) is 1. The van der Waals surface area contributed by atoms with E-state index in [-0.39, 0.29) is 10.3 Å². The van der Waals surface area contributed by atoms with Crippen molar-refractivity contribution in [1.82, 2.24) is 9.55 Å². The molecule has 2 aromatic heterocycles. The smallest absolute Gasteiger partial charge is 0.267 e. The van der Waals surface area contributed by atoms with Gasteiger partial charge in [0, 0.05) is 0 Å². The monoisotopic (exact) mass is 370 g/mol. The third kappa shape index (κ3) is 2.06. The van der Waals surface area contributed by atoms with Crippen LogP contribution >= 0.6 is 39.5 Å². The van der Waals surface area contributed by atoms with E-state index in [1.807, 2.05) is 5.38 Å². The Morgan fingerprint density at radius 3 is 2.95 bits per heavy atom. The lowest BCUT2D eigenvalue weighted by Crippen LogP contribution is -2.20. The Kier molecular flexibility index (Phi) is 3.35. The SMILES string of the molecule is Cc1cc(Br)c(F)cc1-n1c(=S)[nH]c2sccc2c1=O. The summed E-state index contributed by atoms with van der Waals surface area (Å²) in [7, 11) is 0. The van der Waals surface area contributed by atoms with E-state index in [4.69, 9.17) is 12.2 Å². The molecule has 7 heteroatoms. The molecule has 1 aromatic carbocycles. The first kappa shape index (κ1) is 13.7. The molecule has 3 rings (SSSR count). The van der Waals surface area contributed by atoms with Gasteiger partial charge in [-0.1, -0.05) is 0 Å². The fourth-order valence-corrected chi connectivity index (χ4v) is 3.62. The summed E-state index contributed by atoms with van der Waals surface area (Å²) in [5.74, 6) is -0.433. The van der Waals surface area contributed by atoms with E-state index in [2.05, 4.69) is 20.9 Å². The van der Waals surface area contributed by atoms with Crippen molar-refractivity contribution < 1.29 is 4.39 Å². The Labute approximate surface area is 130 Å². The Morgan fingerprint density at radius 2 is 2.20 bits per heavy atom. The molecular formula is C13H8BrFN2OS2. The fraction of sp³-hybridized carbons (Fsp3) is 0.0769. The molecule has 3 aromatic rings. The maximum Gasteiger partial charge on any atom is 0.267 e. The summed E-state index contributed by atoms with van der Waals surface area (Å²) < 4.78 is 15.7. The third-order valence-electron chi connectivity index (χ3n) is 3.00. The zero-order chi connectivity index (χ0) is 14.4. The highest BCUT2D eigenvalue weighted by molar-refractivity contribution is 9.10. The maximum absolute atomic E-state index is 13.8. The summed E-state index contributed by atoms with van der Waals surface area (Å²) in [4.78, 5) is 16.2. The van der Waals surface area contributed by atoms with Crippen molar-refractivity contribution in [2.45, 2.75) is 6.92 Å². The lowest BCUT2D eigenvalue weighted by molar-refractivity contribution is 0.618. The average molecular weight is 371 g/mol. The minimum atomic E-state index is -0.433. The molecule has 0 unspecified atom stereocenters. The molecule has 0 fully saturated rings. The molecule has 0 spiro atoms. The summed E-state index contributed by atoms with van der Waals surface area (Å²) in [5, 5.41) is 2.36. The molecule has 0 amide bonds. The minimum absolute atomic E-state index is 0.241. The van der Waals surface area contributed by atoms with E-state index in [0.717, 1.165) is 10.4 Å². The van der Waals surface area contributed by atoms with Crippen LogP contribution in [-0.4, -0.2) is 9.55 Å². The zero-order valence-corrected chi connectivity index (χ0v) is 13.5. The van der Waals surface area contributed by atoms with Crippen molar-refractivity contribution in [2.75, 3.05) is 0 Å². The number of hydrogen-bond acceptors (Lipinski definition) is 3. The number of nitrogens with zero attached hydrogens (tertiary/aromatic N) is 1. The second-order valence-corrected chi connectivity index (χ2v) is 6.44. The third-order valence-corrected chi connectivity index (χ3v) is 4.72. The number of rotatable bonds is 1. The van der Waals surface area contributed by atoms with E-state index in [0.29, 0.717) is 15.5 Å². The molecule has 2 heterocycles. The van der Waals surface area contributed by atoms with Gasteiger partial charge in [-0.25, -0.2) is 4.39 Å². The quantitative estimate of drug-likeness (QED) is 0.647. The molecule has 0 saturated heterocycles. The summed E-state index contributed by atoms with van der Waals surface area (Å²) in [6.07, 6.45) is 0. The molecule has 0 saturated carbocycles. The fourth-order valence-electron chi connectivity index (χ4n) is 2.04. The molecule has 3 nitrogen and oxygen atoms in total. The van der Waals surface area contributed by atoms with Crippen molar-refractivity contribution in [3.8, 4) is 5.69 Å². The van der Waals surface area contributed by atoms with Crippen LogP contribution in [0.3, 0.4) is 0 Å². The number of aromatic amines is 1. The van der Waals surface area contributed by atoms with Crippen molar-refractivity contribution >= 4 is 49.7 Å². The highest BCUT2D eigenvalue weighted by Crippen LogP contribution is 2.23. The molecule has 0 atom stereocenters.